The molecule has 10 nitrogen and oxygen atoms in total. The Morgan fingerprint density at radius 2 is 1.71 bits per heavy atom. The molecule has 2 unspecified atom stereocenters. The average Bonchev–Trinajstić information content (AvgIpc) is 3.51. The van der Waals surface area contributed by atoms with Crippen molar-refractivity contribution in [1.82, 2.24) is 14.7 Å². The predicted octanol–water partition coefficient (Wildman–Crippen LogP) is 2.44. The number of aryl methyl sites for hydroxylation is 1. The largest absolute Gasteiger partial charge is 0.480 e. The second-order valence-electron chi connectivity index (χ2n) is 8.68. The second-order valence-corrected chi connectivity index (χ2v) is 8.68. The van der Waals surface area contributed by atoms with Gasteiger partial charge in [0.25, 0.3) is 5.91 Å². The molecule has 2 aliphatic rings. The molecule has 0 spiro atoms. The monoisotopic (exact) mass is 476 g/mol. The lowest BCUT2D eigenvalue weighted by Crippen LogP contribution is -2.41. The minimum Gasteiger partial charge on any atom is -0.480 e. The summed E-state index contributed by atoms with van der Waals surface area (Å²) in [4.78, 5) is 38.5. The lowest BCUT2D eigenvalue weighted by atomic mass is 9.98. The molecule has 0 bridgehead atoms. The van der Waals surface area contributed by atoms with Crippen LogP contribution in [0.25, 0.3) is 11.1 Å². The zero-order valence-electron chi connectivity index (χ0n) is 18.9. The standard InChI is InChI=1S/C25H24N4O6/c1-28-22(23(31)29-12-14(30)10-21(29)24(32)33)20(11-26-28)27-25(34)35-13-19-17-8-4-2-6-15(17)16-7-3-5-9-18(16)19/h2-9,11,14,19,21,30H,10,12-13H2,1H3,(H,27,34)(H,32,33). The highest BCUT2D eigenvalue weighted by atomic mass is 16.5. The molecular formula is C25H24N4O6. The number of carboxylic acids is 1. The van der Waals surface area contributed by atoms with E-state index in [0.29, 0.717) is 0 Å². The lowest BCUT2D eigenvalue weighted by Gasteiger charge is -2.21. The molecule has 1 aliphatic carbocycles. The molecule has 3 aromatic rings. The van der Waals surface area contributed by atoms with E-state index in [1.165, 1.54) is 17.9 Å². The Hall–Kier alpha value is -4.18. The lowest BCUT2D eigenvalue weighted by molar-refractivity contribution is -0.141. The number of aliphatic carboxylic acids is 1. The van der Waals surface area contributed by atoms with Gasteiger partial charge >= 0.3 is 12.1 Å². The highest BCUT2D eigenvalue weighted by Crippen LogP contribution is 2.44. The molecule has 35 heavy (non-hydrogen) atoms. The van der Waals surface area contributed by atoms with Crippen LogP contribution in [-0.4, -0.2) is 68.2 Å². The van der Waals surface area contributed by atoms with Crippen molar-refractivity contribution >= 4 is 23.7 Å². The number of carbonyl (C=O) groups excluding carboxylic acids is 2. The summed E-state index contributed by atoms with van der Waals surface area (Å²) in [5, 5.41) is 25.9. The zero-order chi connectivity index (χ0) is 24.7. The van der Waals surface area contributed by atoms with E-state index in [1.807, 2.05) is 48.5 Å². The van der Waals surface area contributed by atoms with Crippen LogP contribution < -0.4 is 5.32 Å². The molecule has 1 saturated heterocycles. The summed E-state index contributed by atoms with van der Waals surface area (Å²) in [7, 11) is 1.51. The van der Waals surface area contributed by atoms with Gasteiger partial charge in [-0.05, 0) is 22.3 Å². The Morgan fingerprint density at radius 3 is 2.34 bits per heavy atom. The summed E-state index contributed by atoms with van der Waals surface area (Å²) in [6, 6.07) is 14.8. The van der Waals surface area contributed by atoms with Gasteiger partial charge < -0.3 is 19.8 Å². The molecule has 2 aromatic carbocycles. The Balaban J connectivity index is 1.31. The zero-order valence-corrected chi connectivity index (χ0v) is 18.9. The normalized spacial score (nSPS) is 18.7. The van der Waals surface area contributed by atoms with Gasteiger partial charge in [0.2, 0.25) is 0 Å². The minimum absolute atomic E-state index is 0.00106. The fourth-order valence-electron chi connectivity index (χ4n) is 4.94. The number of aliphatic hydroxyl groups excluding tert-OH is 1. The van der Waals surface area contributed by atoms with Crippen LogP contribution in [0, 0.1) is 0 Å². The summed E-state index contributed by atoms with van der Waals surface area (Å²) < 4.78 is 6.80. The molecule has 2 heterocycles. The van der Waals surface area contributed by atoms with E-state index in [-0.39, 0.29) is 36.9 Å². The number of aliphatic hydroxyl groups is 1. The van der Waals surface area contributed by atoms with Gasteiger partial charge in [-0.3, -0.25) is 14.8 Å². The number of carbonyl (C=O) groups is 3. The van der Waals surface area contributed by atoms with E-state index in [2.05, 4.69) is 10.4 Å². The van der Waals surface area contributed by atoms with Crippen LogP contribution in [0.15, 0.2) is 54.7 Å². The third-order valence-electron chi connectivity index (χ3n) is 6.55. The van der Waals surface area contributed by atoms with Gasteiger partial charge in [-0.1, -0.05) is 48.5 Å². The molecule has 180 valence electrons. The molecule has 2 atom stereocenters. The number of likely N-dealkylation sites (tertiary alicyclic amines) is 1. The van der Waals surface area contributed by atoms with Gasteiger partial charge in [0.1, 0.15) is 18.3 Å². The number of nitrogens with one attached hydrogen (secondary N) is 1. The quantitative estimate of drug-likeness (QED) is 0.515. The summed E-state index contributed by atoms with van der Waals surface area (Å²) in [5.41, 5.74) is 4.47. The van der Waals surface area contributed by atoms with Crippen LogP contribution in [-0.2, 0) is 16.6 Å². The van der Waals surface area contributed by atoms with E-state index >= 15 is 0 Å². The smallest absolute Gasteiger partial charge is 0.411 e. The maximum Gasteiger partial charge on any atom is 0.411 e. The number of benzene rings is 2. The van der Waals surface area contributed by atoms with E-state index in [9.17, 15) is 24.6 Å². The predicted molar refractivity (Wildman–Crippen MR) is 125 cm³/mol. The average molecular weight is 476 g/mol. The number of β-amino-alcohol motifs (C(OH)–C–C–N with tert-alkyl or cyclic N) is 1. The van der Waals surface area contributed by atoms with Crippen LogP contribution in [0.3, 0.4) is 0 Å². The van der Waals surface area contributed by atoms with E-state index < -0.39 is 30.1 Å². The summed E-state index contributed by atoms with van der Waals surface area (Å²) in [5.74, 6) is -1.98. The summed E-state index contributed by atoms with van der Waals surface area (Å²) >= 11 is 0. The van der Waals surface area contributed by atoms with E-state index in [0.717, 1.165) is 27.2 Å². The molecular weight excluding hydrogens is 452 g/mol. The van der Waals surface area contributed by atoms with Crippen LogP contribution >= 0.6 is 0 Å². The van der Waals surface area contributed by atoms with Gasteiger partial charge in [-0.25, -0.2) is 9.59 Å². The van der Waals surface area contributed by atoms with E-state index in [1.54, 1.807) is 0 Å². The van der Waals surface area contributed by atoms with Crippen molar-refractivity contribution in [2.24, 2.45) is 7.05 Å². The van der Waals surface area contributed by atoms with Gasteiger partial charge in [0.05, 0.1) is 18.0 Å². The highest BCUT2D eigenvalue weighted by molar-refractivity contribution is 6.02. The van der Waals surface area contributed by atoms with Gasteiger partial charge in [0.15, 0.2) is 0 Å². The van der Waals surface area contributed by atoms with E-state index in [4.69, 9.17) is 4.74 Å². The first-order chi connectivity index (χ1) is 16.8. The Labute approximate surface area is 200 Å². The highest BCUT2D eigenvalue weighted by Gasteiger charge is 2.41. The molecule has 1 aromatic heterocycles. The van der Waals surface area contributed by atoms with Crippen molar-refractivity contribution < 1.29 is 29.3 Å². The third kappa shape index (κ3) is 4.01. The summed E-state index contributed by atoms with van der Waals surface area (Å²) in [6.45, 7) is -0.0197. The molecule has 10 heteroatoms. The Kier molecular flexibility index (Phi) is 5.73. The number of hydrogen-bond donors (Lipinski definition) is 3. The Morgan fingerprint density at radius 1 is 1.09 bits per heavy atom. The molecule has 2 amide bonds. The Bertz CT molecular complexity index is 1270. The van der Waals surface area contributed by atoms with Crippen molar-refractivity contribution in [2.75, 3.05) is 18.5 Å². The van der Waals surface area contributed by atoms with Crippen molar-refractivity contribution in [3.8, 4) is 11.1 Å². The molecule has 0 saturated carbocycles. The van der Waals surface area contributed by atoms with Crippen LogP contribution in [0.4, 0.5) is 10.5 Å². The number of amides is 2. The number of nitrogens with zero attached hydrogens (tertiary/aromatic N) is 3. The van der Waals surface area contributed by atoms with Gasteiger partial charge in [-0.15, -0.1) is 0 Å². The molecule has 0 radical (unpaired) electrons. The van der Waals surface area contributed by atoms with Crippen molar-refractivity contribution in [3.05, 3.63) is 71.5 Å². The maximum atomic E-state index is 13.1. The maximum absolute atomic E-state index is 13.1. The molecule has 1 fully saturated rings. The molecule has 3 N–H and O–H groups in total. The summed E-state index contributed by atoms with van der Waals surface area (Å²) in [6.07, 6.45) is -0.456. The van der Waals surface area contributed by atoms with Crippen LogP contribution in [0.5, 0.6) is 0 Å². The number of carboxylic acid groups (broad SMARTS) is 1. The fourth-order valence-corrected chi connectivity index (χ4v) is 4.94. The fraction of sp³-hybridized carbons (Fsp3) is 0.280. The SMILES string of the molecule is Cn1ncc(NC(=O)OCC2c3ccccc3-c3ccccc32)c1C(=O)N1CC(O)CC1C(=O)O. The number of ether oxygens (including phenoxy) is 1. The van der Waals surface area contributed by atoms with Crippen LogP contribution in [0.2, 0.25) is 0 Å². The number of aromatic nitrogens is 2. The van der Waals surface area contributed by atoms with Crippen LogP contribution in [0.1, 0.15) is 34.0 Å². The first-order valence-corrected chi connectivity index (χ1v) is 11.2. The first-order valence-electron chi connectivity index (χ1n) is 11.2. The van der Waals surface area contributed by atoms with Gasteiger partial charge in [-0.2, -0.15) is 5.10 Å². The topological polar surface area (TPSA) is 134 Å². The molecule has 1 aliphatic heterocycles. The number of hydrogen-bond acceptors (Lipinski definition) is 6. The van der Waals surface area contributed by atoms with Gasteiger partial charge in [0, 0.05) is 25.9 Å². The third-order valence-corrected chi connectivity index (χ3v) is 6.55. The molecule has 5 rings (SSSR count). The van der Waals surface area contributed by atoms with Crippen molar-refractivity contribution in [3.63, 3.8) is 0 Å². The second kappa shape index (κ2) is 8.88. The van der Waals surface area contributed by atoms with Crippen molar-refractivity contribution in [2.45, 2.75) is 24.5 Å². The first kappa shape index (κ1) is 22.6. The minimum atomic E-state index is -1.21. The number of anilines is 1. The number of rotatable bonds is 5. The number of fused-ring (bicyclic) bond motifs is 3. The van der Waals surface area contributed by atoms with Crippen molar-refractivity contribution in [1.29, 1.82) is 0 Å².